The van der Waals surface area contributed by atoms with E-state index in [0.29, 0.717) is 26.1 Å². The monoisotopic (exact) mass is 521 g/mol. The molecule has 1 unspecified atom stereocenters. The fourth-order valence-corrected chi connectivity index (χ4v) is 5.62. The van der Waals surface area contributed by atoms with Crippen LogP contribution in [0.1, 0.15) is 42.5 Å². The Morgan fingerprint density at radius 3 is 2.82 bits per heavy atom. The number of carboxylic acids is 1. The van der Waals surface area contributed by atoms with Crippen LogP contribution in [0, 0.1) is 0 Å². The Bertz CT molecular complexity index is 1090. The summed E-state index contributed by atoms with van der Waals surface area (Å²) in [4.78, 5) is 33.9. The molecule has 38 heavy (non-hydrogen) atoms. The maximum atomic E-state index is 13.0. The van der Waals surface area contributed by atoms with Crippen LogP contribution in [-0.4, -0.2) is 89.3 Å². The summed E-state index contributed by atoms with van der Waals surface area (Å²) in [7, 11) is 0. The number of nitrogens with one attached hydrogen (secondary N) is 2. The van der Waals surface area contributed by atoms with Crippen molar-refractivity contribution in [3.05, 3.63) is 59.3 Å². The van der Waals surface area contributed by atoms with E-state index in [1.165, 1.54) is 5.56 Å². The number of ether oxygens (including phenoxy) is 1. The molecule has 0 bridgehead atoms. The number of pyridine rings is 1. The first kappa shape index (κ1) is 26.6. The minimum atomic E-state index is -0.980. The van der Waals surface area contributed by atoms with E-state index in [-0.39, 0.29) is 18.1 Å². The molecular formula is C29H39N5O4. The number of hydrogen-bond acceptors (Lipinski definition) is 7. The van der Waals surface area contributed by atoms with Crippen LogP contribution in [0.2, 0.25) is 0 Å². The molecule has 2 fully saturated rings. The van der Waals surface area contributed by atoms with E-state index < -0.39 is 12.0 Å². The number of carbonyl (C=O) groups is 2. The van der Waals surface area contributed by atoms with Gasteiger partial charge in [-0.15, -0.1) is 0 Å². The molecule has 204 valence electrons. The van der Waals surface area contributed by atoms with Gasteiger partial charge in [0.15, 0.2) is 0 Å². The zero-order valence-electron chi connectivity index (χ0n) is 22.0. The SMILES string of the molecule is O=C(O)C(CCN1CC(OCCc2ccc3c(n2)NCCC3)C1)NC(=O)[C@@H]1CCCN1Cc1ccccc1. The molecule has 9 heteroatoms. The van der Waals surface area contributed by atoms with Crippen molar-refractivity contribution < 1.29 is 19.4 Å². The zero-order valence-corrected chi connectivity index (χ0v) is 22.0. The molecule has 3 aliphatic rings. The fraction of sp³-hybridized carbons (Fsp3) is 0.552. The molecule has 1 aromatic heterocycles. The van der Waals surface area contributed by atoms with Crippen LogP contribution in [0.4, 0.5) is 5.82 Å². The van der Waals surface area contributed by atoms with Crippen molar-refractivity contribution >= 4 is 17.7 Å². The second-order valence-corrected chi connectivity index (χ2v) is 10.6. The maximum Gasteiger partial charge on any atom is 0.326 e. The topological polar surface area (TPSA) is 107 Å². The summed E-state index contributed by atoms with van der Waals surface area (Å²) in [6.07, 6.45) is 5.26. The number of carbonyl (C=O) groups excluding carboxylic acids is 1. The number of hydrogen-bond donors (Lipinski definition) is 3. The molecule has 2 atom stereocenters. The number of rotatable bonds is 12. The number of fused-ring (bicyclic) bond motifs is 1. The number of nitrogens with zero attached hydrogens (tertiary/aromatic N) is 3. The summed E-state index contributed by atoms with van der Waals surface area (Å²) in [5.74, 6) is -0.145. The van der Waals surface area contributed by atoms with Gasteiger partial charge in [-0.25, -0.2) is 9.78 Å². The molecule has 3 aliphatic heterocycles. The standard InChI is InChI=1S/C29H39N5O4/c35-28(26-9-5-15-34(26)18-21-6-2-1-3-7-21)32-25(29(36)37)12-16-33-19-24(20-33)38-17-13-23-11-10-22-8-4-14-30-27(22)31-23/h1-3,6-7,10-11,24-26H,4-5,8-9,12-20H2,(H,30,31)(H,32,35)(H,36,37)/t25?,26-/m0/s1. The van der Waals surface area contributed by atoms with Crippen LogP contribution in [0.3, 0.4) is 0 Å². The minimum absolute atomic E-state index is 0.161. The highest BCUT2D eigenvalue weighted by Gasteiger charge is 2.34. The first-order valence-corrected chi connectivity index (χ1v) is 13.9. The normalized spacial score (nSPS) is 20.8. The van der Waals surface area contributed by atoms with Crippen molar-refractivity contribution in [3.8, 4) is 0 Å². The van der Waals surface area contributed by atoms with Gasteiger partial charge in [-0.3, -0.25) is 14.6 Å². The molecule has 1 amide bonds. The van der Waals surface area contributed by atoms with E-state index in [4.69, 9.17) is 9.72 Å². The maximum absolute atomic E-state index is 13.0. The van der Waals surface area contributed by atoms with Gasteiger partial charge in [0.1, 0.15) is 11.9 Å². The van der Waals surface area contributed by atoms with E-state index in [2.05, 4.69) is 44.7 Å². The Hall–Kier alpha value is -3.01. The number of amides is 1. The third-order valence-electron chi connectivity index (χ3n) is 7.83. The summed E-state index contributed by atoms with van der Waals surface area (Å²) in [5.41, 5.74) is 3.49. The van der Waals surface area contributed by atoms with E-state index in [9.17, 15) is 14.7 Å². The largest absolute Gasteiger partial charge is 0.480 e. The van der Waals surface area contributed by atoms with Crippen molar-refractivity contribution in [2.45, 2.75) is 63.3 Å². The summed E-state index contributed by atoms with van der Waals surface area (Å²) in [5, 5.41) is 15.9. The molecule has 0 spiro atoms. The predicted molar refractivity (Wildman–Crippen MR) is 145 cm³/mol. The lowest BCUT2D eigenvalue weighted by atomic mass is 10.1. The average Bonchev–Trinajstić information content (AvgIpc) is 3.37. The Morgan fingerprint density at radius 1 is 1.16 bits per heavy atom. The molecule has 0 radical (unpaired) electrons. The van der Waals surface area contributed by atoms with Gasteiger partial charge in [0.25, 0.3) is 0 Å². The molecule has 2 saturated heterocycles. The number of likely N-dealkylation sites (tertiary alicyclic amines) is 2. The molecule has 1 aromatic carbocycles. The summed E-state index contributed by atoms with van der Waals surface area (Å²) >= 11 is 0. The van der Waals surface area contributed by atoms with E-state index in [1.807, 2.05) is 18.2 Å². The van der Waals surface area contributed by atoms with Crippen LogP contribution in [-0.2, 0) is 33.7 Å². The van der Waals surface area contributed by atoms with Crippen LogP contribution in [0.15, 0.2) is 42.5 Å². The lowest BCUT2D eigenvalue weighted by Crippen LogP contribution is -2.55. The Kier molecular flexibility index (Phi) is 8.88. The van der Waals surface area contributed by atoms with Gasteiger partial charge in [-0.05, 0) is 55.8 Å². The van der Waals surface area contributed by atoms with Gasteiger partial charge in [0.2, 0.25) is 5.91 Å². The smallest absolute Gasteiger partial charge is 0.326 e. The second kappa shape index (κ2) is 12.7. The van der Waals surface area contributed by atoms with E-state index in [0.717, 1.165) is 75.4 Å². The molecule has 0 aliphatic carbocycles. The quantitative estimate of drug-likeness (QED) is 0.391. The van der Waals surface area contributed by atoms with Crippen molar-refractivity contribution in [2.24, 2.45) is 0 Å². The third kappa shape index (κ3) is 6.89. The van der Waals surface area contributed by atoms with Crippen LogP contribution in [0.5, 0.6) is 0 Å². The Morgan fingerprint density at radius 2 is 2.00 bits per heavy atom. The number of anilines is 1. The predicted octanol–water partition coefficient (Wildman–Crippen LogP) is 2.31. The second-order valence-electron chi connectivity index (χ2n) is 10.6. The highest BCUT2D eigenvalue weighted by atomic mass is 16.5. The molecule has 4 heterocycles. The Labute approximate surface area is 224 Å². The van der Waals surface area contributed by atoms with Crippen molar-refractivity contribution in [1.29, 1.82) is 0 Å². The number of carboxylic acid groups (broad SMARTS) is 1. The van der Waals surface area contributed by atoms with Crippen molar-refractivity contribution in [3.63, 3.8) is 0 Å². The molecule has 9 nitrogen and oxygen atoms in total. The third-order valence-corrected chi connectivity index (χ3v) is 7.83. The molecule has 5 rings (SSSR count). The van der Waals surface area contributed by atoms with Crippen LogP contribution < -0.4 is 10.6 Å². The van der Waals surface area contributed by atoms with Crippen molar-refractivity contribution in [1.82, 2.24) is 20.1 Å². The molecule has 3 N–H and O–H groups in total. The lowest BCUT2D eigenvalue weighted by molar-refractivity contribution is -0.143. The van der Waals surface area contributed by atoms with Gasteiger partial charge in [-0.1, -0.05) is 36.4 Å². The van der Waals surface area contributed by atoms with Gasteiger partial charge < -0.3 is 20.5 Å². The molecule has 2 aromatic rings. The Balaban J connectivity index is 1.01. The number of aliphatic carboxylic acids is 1. The fourth-order valence-electron chi connectivity index (χ4n) is 5.62. The van der Waals surface area contributed by atoms with Gasteiger partial charge >= 0.3 is 5.97 Å². The average molecular weight is 522 g/mol. The minimum Gasteiger partial charge on any atom is -0.480 e. The number of aromatic nitrogens is 1. The van der Waals surface area contributed by atoms with Gasteiger partial charge in [0.05, 0.1) is 18.8 Å². The first-order valence-electron chi connectivity index (χ1n) is 13.9. The highest BCUT2D eigenvalue weighted by molar-refractivity contribution is 5.87. The number of aryl methyl sites for hydroxylation is 1. The highest BCUT2D eigenvalue weighted by Crippen LogP contribution is 2.22. The molecular weight excluding hydrogens is 482 g/mol. The summed E-state index contributed by atoms with van der Waals surface area (Å²) in [6.45, 7) is 5.34. The zero-order chi connectivity index (χ0) is 26.3. The lowest BCUT2D eigenvalue weighted by Gasteiger charge is -2.39. The summed E-state index contributed by atoms with van der Waals surface area (Å²) < 4.78 is 6.01. The van der Waals surface area contributed by atoms with Gasteiger partial charge in [-0.2, -0.15) is 0 Å². The molecule has 0 saturated carbocycles. The van der Waals surface area contributed by atoms with Crippen LogP contribution in [0.25, 0.3) is 0 Å². The summed E-state index contributed by atoms with van der Waals surface area (Å²) in [6, 6.07) is 13.2. The van der Waals surface area contributed by atoms with Crippen LogP contribution >= 0.6 is 0 Å². The van der Waals surface area contributed by atoms with E-state index in [1.54, 1.807) is 0 Å². The first-order chi connectivity index (χ1) is 18.5. The van der Waals surface area contributed by atoms with E-state index >= 15 is 0 Å². The number of benzene rings is 1. The van der Waals surface area contributed by atoms with Gasteiger partial charge in [0, 0.05) is 44.8 Å². The van der Waals surface area contributed by atoms with Crippen molar-refractivity contribution in [2.75, 3.05) is 44.6 Å².